The highest BCUT2D eigenvalue weighted by atomic mass is 35.5. The molecule has 0 saturated carbocycles. The first kappa shape index (κ1) is 16.8. The average Bonchev–Trinajstić information content (AvgIpc) is 2.54. The normalized spacial score (nSPS) is 10.0. The highest BCUT2D eigenvalue weighted by molar-refractivity contribution is 6.33. The maximum atomic E-state index is 12.0. The Morgan fingerprint density at radius 2 is 1.61 bits per heavy atom. The second-order valence-electron chi connectivity index (χ2n) is 4.86. The third-order valence-corrected chi connectivity index (χ3v) is 3.39. The number of anilines is 3. The van der Waals surface area contributed by atoms with Gasteiger partial charge in [-0.2, -0.15) is 0 Å². The first-order chi connectivity index (χ1) is 11.1. The quantitative estimate of drug-likeness (QED) is 0.755. The molecule has 0 spiro atoms. The van der Waals surface area contributed by atoms with Gasteiger partial charge in [0, 0.05) is 17.8 Å². The van der Waals surface area contributed by atoms with Gasteiger partial charge in [-0.05, 0) is 30.3 Å². The number of nitrogens with one attached hydrogen (secondary N) is 3. The lowest BCUT2D eigenvalue weighted by atomic mass is 10.2. The fourth-order valence-electron chi connectivity index (χ4n) is 1.91. The van der Waals surface area contributed by atoms with Crippen LogP contribution in [0.4, 0.5) is 17.1 Å². The summed E-state index contributed by atoms with van der Waals surface area (Å²) in [6.45, 7) is 1.87. The largest absolute Gasteiger partial charge is 0.375 e. The van der Waals surface area contributed by atoms with Gasteiger partial charge < -0.3 is 16.0 Å². The van der Waals surface area contributed by atoms with Crippen molar-refractivity contribution in [3.05, 3.63) is 53.6 Å². The first-order valence-corrected chi connectivity index (χ1v) is 7.64. The van der Waals surface area contributed by atoms with Crippen LogP contribution in [0.1, 0.15) is 13.3 Å². The van der Waals surface area contributed by atoms with E-state index in [0.717, 1.165) is 0 Å². The Kier molecular flexibility index (Phi) is 6.00. The molecule has 0 bridgehead atoms. The number of benzene rings is 2. The Hall–Kier alpha value is -2.53. The Labute approximate surface area is 140 Å². The van der Waals surface area contributed by atoms with Gasteiger partial charge in [-0.1, -0.05) is 36.7 Å². The summed E-state index contributed by atoms with van der Waals surface area (Å²) in [5, 5.41) is 9.05. The summed E-state index contributed by atoms with van der Waals surface area (Å²) in [6.07, 6.45) is 0.401. The van der Waals surface area contributed by atoms with Crippen molar-refractivity contribution in [1.82, 2.24) is 0 Å². The summed E-state index contributed by atoms with van der Waals surface area (Å²) in [5.41, 5.74) is 1.96. The number of para-hydroxylation sites is 1. The van der Waals surface area contributed by atoms with E-state index in [4.69, 9.17) is 11.6 Å². The maximum Gasteiger partial charge on any atom is 0.243 e. The maximum absolute atomic E-state index is 12.0. The van der Waals surface area contributed by atoms with Crippen molar-refractivity contribution in [1.29, 1.82) is 0 Å². The average molecular weight is 332 g/mol. The van der Waals surface area contributed by atoms with E-state index in [-0.39, 0.29) is 18.4 Å². The van der Waals surface area contributed by atoms with E-state index < -0.39 is 0 Å². The minimum Gasteiger partial charge on any atom is -0.375 e. The summed E-state index contributed by atoms with van der Waals surface area (Å²) in [4.78, 5) is 23.4. The molecule has 0 aliphatic rings. The van der Waals surface area contributed by atoms with Crippen molar-refractivity contribution in [2.24, 2.45) is 0 Å². The fraction of sp³-hybridized carbons (Fsp3) is 0.176. The Morgan fingerprint density at radius 3 is 2.26 bits per heavy atom. The van der Waals surface area contributed by atoms with Crippen molar-refractivity contribution in [2.45, 2.75) is 13.3 Å². The number of amides is 2. The molecule has 2 amide bonds. The number of hydrogen-bond acceptors (Lipinski definition) is 3. The fourth-order valence-corrected chi connectivity index (χ4v) is 2.11. The van der Waals surface area contributed by atoms with Gasteiger partial charge in [0.25, 0.3) is 0 Å². The van der Waals surface area contributed by atoms with Crippen LogP contribution in [0.15, 0.2) is 48.5 Å². The first-order valence-electron chi connectivity index (χ1n) is 7.26. The Balaban J connectivity index is 1.91. The number of carbonyl (C=O) groups excluding carboxylic acids is 2. The summed E-state index contributed by atoms with van der Waals surface area (Å²) >= 11 is 6.02. The second-order valence-corrected chi connectivity index (χ2v) is 5.27. The number of halogens is 1. The van der Waals surface area contributed by atoms with Gasteiger partial charge in [-0.15, -0.1) is 0 Å². The lowest BCUT2D eigenvalue weighted by molar-refractivity contribution is -0.116. The molecule has 0 heterocycles. The lowest BCUT2D eigenvalue weighted by Crippen LogP contribution is -2.22. The molecule has 0 unspecified atom stereocenters. The third-order valence-electron chi connectivity index (χ3n) is 3.06. The molecule has 2 rings (SSSR count). The summed E-state index contributed by atoms with van der Waals surface area (Å²) in [6, 6.07) is 14.2. The molecule has 3 N–H and O–H groups in total. The molecule has 120 valence electrons. The van der Waals surface area contributed by atoms with E-state index in [0.29, 0.717) is 28.5 Å². The van der Waals surface area contributed by atoms with Gasteiger partial charge >= 0.3 is 0 Å². The van der Waals surface area contributed by atoms with Crippen LogP contribution in [0.3, 0.4) is 0 Å². The molecular formula is C17H18ClN3O2. The SMILES string of the molecule is CCC(=O)Nc1cccc(NC(=O)CNc2ccccc2Cl)c1. The van der Waals surface area contributed by atoms with E-state index in [2.05, 4.69) is 16.0 Å². The predicted octanol–water partition coefficient (Wildman–Crippen LogP) is 3.74. The minimum atomic E-state index is -0.205. The van der Waals surface area contributed by atoms with Crippen LogP contribution in [-0.2, 0) is 9.59 Å². The van der Waals surface area contributed by atoms with Crippen LogP contribution in [0.25, 0.3) is 0 Å². The zero-order valence-electron chi connectivity index (χ0n) is 12.7. The molecular weight excluding hydrogens is 314 g/mol. The van der Waals surface area contributed by atoms with Crippen LogP contribution >= 0.6 is 11.6 Å². The molecule has 5 nitrogen and oxygen atoms in total. The van der Waals surface area contributed by atoms with E-state index in [9.17, 15) is 9.59 Å². The van der Waals surface area contributed by atoms with E-state index in [1.54, 1.807) is 43.3 Å². The minimum absolute atomic E-state index is 0.0751. The van der Waals surface area contributed by atoms with Crippen molar-refractivity contribution < 1.29 is 9.59 Å². The van der Waals surface area contributed by atoms with Gasteiger partial charge in [-0.25, -0.2) is 0 Å². The van der Waals surface area contributed by atoms with Gasteiger partial charge in [0.2, 0.25) is 11.8 Å². The third kappa shape index (κ3) is 5.30. The summed E-state index contributed by atoms with van der Waals surface area (Å²) in [5.74, 6) is -0.280. The Bertz CT molecular complexity index is 704. The number of rotatable bonds is 6. The standard InChI is InChI=1S/C17H18ClN3O2/c1-2-16(22)20-12-6-5-7-13(10-12)21-17(23)11-19-15-9-4-3-8-14(15)18/h3-10,19H,2,11H2,1H3,(H,20,22)(H,21,23). The molecule has 0 radical (unpaired) electrons. The molecule has 0 fully saturated rings. The predicted molar refractivity (Wildman–Crippen MR) is 93.9 cm³/mol. The molecule has 2 aromatic carbocycles. The zero-order chi connectivity index (χ0) is 16.7. The molecule has 0 aliphatic heterocycles. The van der Waals surface area contributed by atoms with Crippen LogP contribution < -0.4 is 16.0 Å². The molecule has 0 aliphatic carbocycles. The Morgan fingerprint density at radius 1 is 0.957 bits per heavy atom. The second kappa shape index (κ2) is 8.19. The van der Waals surface area contributed by atoms with Gasteiger partial charge in [0.15, 0.2) is 0 Å². The number of hydrogen-bond donors (Lipinski definition) is 3. The van der Waals surface area contributed by atoms with Crippen molar-refractivity contribution in [2.75, 3.05) is 22.5 Å². The van der Waals surface area contributed by atoms with Crippen molar-refractivity contribution in [3.63, 3.8) is 0 Å². The molecule has 23 heavy (non-hydrogen) atoms. The molecule has 0 saturated heterocycles. The summed E-state index contributed by atoms with van der Waals surface area (Å²) < 4.78 is 0. The monoisotopic (exact) mass is 331 g/mol. The van der Waals surface area contributed by atoms with Crippen LogP contribution in [-0.4, -0.2) is 18.4 Å². The molecule has 0 atom stereocenters. The van der Waals surface area contributed by atoms with E-state index in [1.165, 1.54) is 0 Å². The van der Waals surface area contributed by atoms with E-state index in [1.807, 2.05) is 12.1 Å². The van der Waals surface area contributed by atoms with Gasteiger partial charge in [0.1, 0.15) is 0 Å². The molecule has 0 aromatic heterocycles. The highest BCUT2D eigenvalue weighted by Crippen LogP contribution is 2.20. The summed E-state index contributed by atoms with van der Waals surface area (Å²) in [7, 11) is 0. The smallest absolute Gasteiger partial charge is 0.243 e. The topological polar surface area (TPSA) is 70.2 Å². The van der Waals surface area contributed by atoms with E-state index >= 15 is 0 Å². The van der Waals surface area contributed by atoms with Gasteiger partial charge in [-0.3, -0.25) is 9.59 Å². The van der Waals surface area contributed by atoms with Crippen molar-refractivity contribution in [3.8, 4) is 0 Å². The van der Waals surface area contributed by atoms with Crippen LogP contribution in [0, 0.1) is 0 Å². The van der Waals surface area contributed by atoms with Crippen LogP contribution in [0.2, 0.25) is 5.02 Å². The lowest BCUT2D eigenvalue weighted by Gasteiger charge is -2.10. The zero-order valence-corrected chi connectivity index (χ0v) is 13.5. The molecule has 6 heteroatoms. The highest BCUT2D eigenvalue weighted by Gasteiger charge is 2.05. The van der Waals surface area contributed by atoms with Crippen molar-refractivity contribution >= 4 is 40.5 Å². The number of carbonyl (C=O) groups is 2. The van der Waals surface area contributed by atoms with Gasteiger partial charge in [0.05, 0.1) is 17.3 Å². The van der Waals surface area contributed by atoms with Crippen LogP contribution in [0.5, 0.6) is 0 Å². The molecule has 2 aromatic rings.